The number of halogens is 1. The van der Waals surface area contributed by atoms with Crippen molar-refractivity contribution in [1.29, 1.82) is 0 Å². The van der Waals surface area contributed by atoms with Crippen molar-refractivity contribution < 1.29 is 30.2 Å². The summed E-state index contributed by atoms with van der Waals surface area (Å²) in [7, 11) is 0. The van der Waals surface area contributed by atoms with Crippen LogP contribution in [0.5, 0.6) is 11.5 Å². The summed E-state index contributed by atoms with van der Waals surface area (Å²) in [6, 6.07) is 69.0. The summed E-state index contributed by atoms with van der Waals surface area (Å²) >= 11 is 0. The number of aromatic nitrogens is 2. The van der Waals surface area contributed by atoms with Gasteiger partial charge in [-0.3, -0.25) is 0 Å². The fourth-order valence-electron chi connectivity index (χ4n) is 12.6. The van der Waals surface area contributed by atoms with Crippen molar-refractivity contribution in [3.05, 3.63) is 223 Å². The number of ether oxygens (including phenoxy) is 1. The van der Waals surface area contributed by atoms with Crippen molar-refractivity contribution in [2.75, 3.05) is 9.80 Å². The van der Waals surface area contributed by atoms with Gasteiger partial charge in [-0.05, 0) is 124 Å². The second kappa shape index (κ2) is 21.3. The quantitative estimate of drug-likeness (QED) is 0.128. The Morgan fingerprint density at radius 3 is 1.87 bits per heavy atom. The number of fused-ring (bicyclic) bond motifs is 4. The molecule has 10 aromatic rings. The maximum absolute atomic E-state index is 14.6. The summed E-state index contributed by atoms with van der Waals surface area (Å²) in [6.07, 6.45) is 14.3. The fraction of sp³-hybridized carbons (Fsp3) is 0.229. The average molecular weight is 1190 g/mol. The molecule has 0 amide bonds. The van der Waals surface area contributed by atoms with Crippen LogP contribution >= 0.6 is 0 Å². The monoisotopic (exact) mass is 1190 g/mol. The van der Waals surface area contributed by atoms with E-state index in [2.05, 4.69) is 206 Å². The minimum absolute atomic E-state index is 0. The molecule has 1 aliphatic heterocycles. The van der Waals surface area contributed by atoms with Gasteiger partial charge in [0.05, 0.1) is 0 Å². The van der Waals surface area contributed by atoms with Crippen molar-refractivity contribution in [1.82, 2.24) is 9.55 Å². The van der Waals surface area contributed by atoms with E-state index >= 15 is 0 Å². The van der Waals surface area contributed by atoms with Gasteiger partial charge in [0.1, 0.15) is 11.6 Å². The topological polar surface area (TPSA) is 33.5 Å². The van der Waals surface area contributed by atoms with E-state index in [9.17, 15) is 4.39 Å². The molecule has 2 aromatic heterocycles. The maximum atomic E-state index is 14.6. The molecule has 2 aliphatic carbocycles. The van der Waals surface area contributed by atoms with E-state index in [1.165, 1.54) is 86.5 Å². The third-order valence-corrected chi connectivity index (χ3v) is 16.4. The number of benzene rings is 8. The molecular formula is C70H62FN4OPt-3. The van der Waals surface area contributed by atoms with Crippen LogP contribution in [0, 0.1) is 24.6 Å². The Kier molecular flexibility index (Phi) is 14.0. The number of hydrogen-bond acceptors (Lipinski definition) is 4. The summed E-state index contributed by atoms with van der Waals surface area (Å²) in [5.41, 5.74) is 16.6. The molecule has 3 heterocycles. The molecule has 5 nitrogen and oxygen atoms in total. The van der Waals surface area contributed by atoms with Crippen molar-refractivity contribution >= 4 is 44.6 Å². The molecular weight excluding hydrogens is 1130 g/mol. The zero-order valence-corrected chi connectivity index (χ0v) is 46.3. The van der Waals surface area contributed by atoms with Crippen LogP contribution in [0.3, 0.4) is 0 Å². The van der Waals surface area contributed by atoms with Crippen LogP contribution in [0.4, 0.5) is 27.1 Å². The van der Waals surface area contributed by atoms with Crippen LogP contribution in [0.1, 0.15) is 114 Å². The molecule has 3 aliphatic rings. The summed E-state index contributed by atoms with van der Waals surface area (Å²) in [4.78, 5) is 9.56. The van der Waals surface area contributed by atoms with E-state index in [0.717, 1.165) is 78.2 Å². The van der Waals surface area contributed by atoms with Crippen LogP contribution in [-0.2, 0) is 26.5 Å². The summed E-state index contributed by atoms with van der Waals surface area (Å²) in [6.45, 7) is 8.94. The number of nitrogens with zero attached hydrogens (tertiary/aromatic N) is 4. The molecule has 0 bridgehead atoms. The zero-order valence-electron chi connectivity index (χ0n) is 44.0. The smallest absolute Gasteiger partial charge is 0.135 e. The third kappa shape index (κ3) is 9.69. The molecule has 2 saturated carbocycles. The summed E-state index contributed by atoms with van der Waals surface area (Å²) in [5.74, 6) is 2.78. The molecule has 8 aromatic carbocycles. The SMILES string of the molecule is CC(C)(C)c1ccnc(-n2c3[c-]c(Oc4[c-]c(N5[CH-]N(c6c(-c7ccccc7)cccc6-c6ccc(F)cc6)c6ccccc65)cc(-c5c(C6CCCCC6)cccc5C5CCCCC5)c4)ccc3c3ccccc32)c1.[Pt]. The zero-order chi connectivity index (χ0) is 51.3. The second-order valence-corrected chi connectivity index (χ2v) is 22.2. The van der Waals surface area contributed by atoms with Crippen molar-refractivity contribution in [2.24, 2.45) is 0 Å². The number of anilines is 4. The largest absolute Gasteiger partial charge is 0.509 e. The number of para-hydroxylation sites is 4. The minimum Gasteiger partial charge on any atom is -0.509 e. The van der Waals surface area contributed by atoms with Gasteiger partial charge in [-0.2, -0.15) is 6.07 Å². The van der Waals surface area contributed by atoms with E-state index in [1.54, 1.807) is 12.1 Å². The van der Waals surface area contributed by atoms with Crippen molar-refractivity contribution in [3.8, 4) is 50.7 Å². The molecule has 13 rings (SSSR count). The molecule has 0 atom stereocenters. The fourth-order valence-corrected chi connectivity index (χ4v) is 12.6. The molecule has 0 spiro atoms. The Morgan fingerprint density at radius 1 is 0.558 bits per heavy atom. The first-order valence-corrected chi connectivity index (χ1v) is 27.5. The van der Waals surface area contributed by atoms with Crippen LogP contribution in [0.25, 0.3) is 61.0 Å². The Bertz CT molecular complexity index is 3720. The van der Waals surface area contributed by atoms with Gasteiger partial charge < -0.3 is 19.1 Å². The molecule has 388 valence electrons. The van der Waals surface area contributed by atoms with E-state index in [-0.39, 0.29) is 32.3 Å². The van der Waals surface area contributed by atoms with Gasteiger partial charge in [0.25, 0.3) is 0 Å². The number of pyridine rings is 1. The molecule has 0 saturated heterocycles. The molecule has 0 unspecified atom stereocenters. The standard InChI is InChI=1S/C70H62FN4O.Pt/c1-70(2,3)52-39-40-72-67(43-52)75-63-30-14-13-25-61(63)62-38-37-55(45-66(62)75)76-56-42-51(68-57(47-19-7-4-8-20-47)26-17-27-58(68)48-21-9-5-10-22-48)41-54(44-56)73-46-74(65-32-16-15-31-64(65)73)69-59(49-23-11-6-12-24-49)28-18-29-60(69)50-33-35-53(71)36-34-50;/h6,11-18,23-43,46-48H,4-5,7-10,19-22H2,1-3H3;/q-3;. The van der Waals surface area contributed by atoms with E-state index in [1.807, 2.05) is 18.3 Å². The Morgan fingerprint density at radius 2 is 1.18 bits per heavy atom. The number of rotatable bonds is 10. The van der Waals surface area contributed by atoms with E-state index in [4.69, 9.17) is 9.72 Å². The Balaban J connectivity index is 0.00000596. The Hall–Kier alpha value is -7.27. The van der Waals surface area contributed by atoms with Gasteiger partial charge in [0.2, 0.25) is 0 Å². The molecule has 0 radical (unpaired) electrons. The molecule has 0 N–H and O–H groups in total. The Labute approximate surface area is 467 Å². The van der Waals surface area contributed by atoms with Crippen LogP contribution in [0.2, 0.25) is 0 Å². The second-order valence-electron chi connectivity index (χ2n) is 22.2. The van der Waals surface area contributed by atoms with Crippen LogP contribution in [0.15, 0.2) is 182 Å². The van der Waals surface area contributed by atoms with Gasteiger partial charge in [-0.25, -0.2) is 9.37 Å². The van der Waals surface area contributed by atoms with E-state index < -0.39 is 0 Å². The molecule has 77 heavy (non-hydrogen) atoms. The molecule has 7 heteroatoms. The van der Waals surface area contributed by atoms with Crippen LogP contribution < -0.4 is 14.5 Å². The first-order valence-electron chi connectivity index (χ1n) is 27.5. The third-order valence-electron chi connectivity index (χ3n) is 16.4. The normalized spacial score (nSPS) is 15.2. The summed E-state index contributed by atoms with van der Waals surface area (Å²) < 4.78 is 24.0. The van der Waals surface area contributed by atoms with Gasteiger partial charge in [0, 0.05) is 72.5 Å². The average Bonchev–Trinajstić information content (AvgIpc) is 4.05. The van der Waals surface area contributed by atoms with Gasteiger partial charge in [-0.1, -0.05) is 174 Å². The van der Waals surface area contributed by atoms with Crippen molar-refractivity contribution in [2.45, 2.75) is 102 Å². The predicted molar refractivity (Wildman–Crippen MR) is 311 cm³/mol. The van der Waals surface area contributed by atoms with Gasteiger partial charge in [0.15, 0.2) is 0 Å². The summed E-state index contributed by atoms with van der Waals surface area (Å²) in [5, 5.41) is 2.22. The number of hydrogen-bond donors (Lipinski definition) is 0. The van der Waals surface area contributed by atoms with Crippen LogP contribution in [-0.4, -0.2) is 9.55 Å². The molecule has 2 fully saturated rings. The van der Waals surface area contributed by atoms with Gasteiger partial charge in [-0.15, -0.1) is 53.6 Å². The van der Waals surface area contributed by atoms with Gasteiger partial charge >= 0.3 is 0 Å². The minimum atomic E-state index is -0.262. The first kappa shape index (κ1) is 50.5. The van der Waals surface area contributed by atoms with Crippen molar-refractivity contribution in [3.63, 3.8) is 0 Å². The van der Waals surface area contributed by atoms with E-state index in [0.29, 0.717) is 23.3 Å². The maximum Gasteiger partial charge on any atom is 0.135 e. The first-order chi connectivity index (χ1) is 37.2. The predicted octanol–water partition coefficient (Wildman–Crippen LogP) is 19.5.